The van der Waals surface area contributed by atoms with Crippen LogP contribution in [0.2, 0.25) is 0 Å². The van der Waals surface area contributed by atoms with E-state index in [1.807, 2.05) is 0 Å². The molecule has 4 nitrogen and oxygen atoms in total. The van der Waals surface area contributed by atoms with Crippen molar-refractivity contribution in [3.63, 3.8) is 0 Å². The van der Waals surface area contributed by atoms with E-state index in [-0.39, 0.29) is 30.6 Å². The first-order valence-corrected chi connectivity index (χ1v) is 8.19. The smallest absolute Gasteiger partial charge is 0.327 e. The van der Waals surface area contributed by atoms with Crippen molar-refractivity contribution in [1.29, 1.82) is 0 Å². The van der Waals surface area contributed by atoms with Gasteiger partial charge in [0.15, 0.2) is 0 Å². The van der Waals surface area contributed by atoms with Gasteiger partial charge in [-0.05, 0) is 24.5 Å². The third-order valence-corrected chi connectivity index (χ3v) is 5.27. The fraction of sp³-hybridized carbons (Fsp3) is 0.538. The maximum atomic E-state index is 12.9. The van der Waals surface area contributed by atoms with Crippen LogP contribution in [0, 0.1) is 0 Å². The third-order valence-electron chi connectivity index (χ3n) is 3.47. The molecule has 0 radical (unpaired) electrons. The van der Waals surface area contributed by atoms with Gasteiger partial charge in [0.05, 0.1) is 11.3 Å². The molecule has 1 aliphatic heterocycles. The lowest BCUT2D eigenvalue weighted by molar-refractivity contribution is -0.138. The fourth-order valence-electron chi connectivity index (χ4n) is 2.44. The van der Waals surface area contributed by atoms with Crippen LogP contribution in [-0.2, 0) is 22.0 Å². The van der Waals surface area contributed by atoms with E-state index < -0.39 is 27.5 Å². The number of nitrogens with zero attached hydrogens (tertiary/aromatic N) is 1. The summed E-state index contributed by atoms with van der Waals surface area (Å²) in [4.78, 5) is 0. The average Bonchev–Trinajstić information content (AvgIpc) is 2.37. The summed E-state index contributed by atoms with van der Waals surface area (Å²) in [5.74, 6) is -0.657. The fourth-order valence-corrected chi connectivity index (χ4v) is 4.09. The Kier molecular flexibility index (Phi) is 6.26. The average molecular weight is 359 g/mol. The number of hydrogen-bond donors (Lipinski definition) is 1. The number of benzene rings is 1. The van der Waals surface area contributed by atoms with Crippen molar-refractivity contribution in [3.05, 3.63) is 35.4 Å². The first-order valence-electron chi connectivity index (χ1n) is 6.58. The molecule has 1 heterocycles. The monoisotopic (exact) mass is 358 g/mol. The highest BCUT2D eigenvalue weighted by atomic mass is 35.5. The van der Waals surface area contributed by atoms with Gasteiger partial charge < -0.3 is 5.73 Å². The van der Waals surface area contributed by atoms with E-state index in [4.69, 9.17) is 5.73 Å². The van der Waals surface area contributed by atoms with Gasteiger partial charge >= 0.3 is 6.18 Å². The van der Waals surface area contributed by atoms with Gasteiger partial charge in [0.25, 0.3) is 0 Å². The van der Waals surface area contributed by atoms with Crippen molar-refractivity contribution < 1.29 is 21.6 Å². The van der Waals surface area contributed by atoms with Gasteiger partial charge in [-0.1, -0.05) is 18.2 Å². The molecular weight excluding hydrogens is 341 g/mol. The molecule has 0 amide bonds. The van der Waals surface area contributed by atoms with Crippen molar-refractivity contribution in [1.82, 2.24) is 4.31 Å². The number of sulfonamides is 1. The van der Waals surface area contributed by atoms with Gasteiger partial charge in [0.1, 0.15) is 0 Å². The Morgan fingerprint density at radius 3 is 2.50 bits per heavy atom. The third kappa shape index (κ3) is 4.58. The molecule has 0 spiro atoms. The van der Waals surface area contributed by atoms with E-state index in [0.717, 1.165) is 12.5 Å². The Labute approximate surface area is 133 Å². The molecule has 1 aromatic rings. The molecule has 1 aliphatic rings. The Morgan fingerprint density at radius 2 is 1.91 bits per heavy atom. The predicted molar refractivity (Wildman–Crippen MR) is 80.1 cm³/mol. The van der Waals surface area contributed by atoms with Crippen LogP contribution in [0.25, 0.3) is 0 Å². The highest BCUT2D eigenvalue weighted by Crippen LogP contribution is 2.33. The van der Waals surface area contributed by atoms with Crippen LogP contribution in [0.4, 0.5) is 13.2 Å². The summed E-state index contributed by atoms with van der Waals surface area (Å²) in [5, 5.41) is 0. The Hall–Kier alpha value is -0.830. The summed E-state index contributed by atoms with van der Waals surface area (Å²) in [6.07, 6.45) is -3.21. The molecule has 0 aliphatic carbocycles. The van der Waals surface area contributed by atoms with E-state index in [0.29, 0.717) is 13.0 Å². The quantitative estimate of drug-likeness (QED) is 0.902. The maximum absolute atomic E-state index is 12.9. The van der Waals surface area contributed by atoms with Crippen LogP contribution in [0.1, 0.15) is 24.0 Å². The molecule has 0 aromatic heterocycles. The Balaban J connectivity index is 0.00000242. The van der Waals surface area contributed by atoms with Gasteiger partial charge in [-0.15, -0.1) is 12.4 Å². The van der Waals surface area contributed by atoms with Crippen molar-refractivity contribution in [2.24, 2.45) is 5.73 Å². The molecule has 126 valence electrons. The van der Waals surface area contributed by atoms with Crippen LogP contribution in [0.5, 0.6) is 0 Å². The molecule has 2 rings (SSSR count). The molecule has 1 fully saturated rings. The van der Waals surface area contributed by atoms with Crippen molar-refractivity contribution in [3.8, 4) is 0 Å². The zero-order valence-electron chi connectivity index (χ0n) is 11.7. The number of piperidine rings is 1. The SMILES string of the molecule is Cl.N[C@@H]1CCCN(S(=O)(=O)Cc2ccccc2C(F)(F)F)C1. The molecule has 0 bridgehead atoms. The largest absolute Gasteiger partial charge is 0.416 e. The molecular formula is C13H18ClF3N2O2S. The van der Waals surface area contributed by atoms with Gasteiger partial charge in [0.2, 0.25) is 10.0 Å². The molecule has 1 atom stereocenters. The normalized spacial score (nSPS) is 20.5. The molecule has 2 N–H and O–H groups in total. The van der Waals surface area contributed by atoms with Gasteiger partial charge in [0, 0.05) is 19.1 Å². The molecule has 0 saturated carbocycles. The molecule has 1 saturated heterocycles. The standard InChI is InChI=1S/C13H17F3N2O2S.ClH/c14-13(15,16)12-6-2-1-4-10(12)9-21(19,20)18-7-3-5-11(17)8-18;/h1-2,4,6,11H,3,5,7-9,17H2;1H/t11-;/m1./s1. The summed E-state index contributed by atoms with van der Waals surface area (Å²) in [7, 11) is -3.80. The Bertz CT molecular complexity index is 608. The minimum atomic E-state index is -4.57. The maximum Gasteiger partial charge on any atom is 0.416 e. The van der Waals surface area contributed by atoms with Crippen molar-refractivity contribution in [2.45, 2.75) is 30.8 Å². The second-order valence-corrected chi connectivity index (χ2v) is 7.14. The summed E-state index contributed by atoms with van der Waals surface area (Å²) in [5.41, 5.74) is 4.59. The lowest BCUT2D eigenvalue weighted by atomic mass is 10.1. The number of rotatable bonds is 3. The second-order valence-electron chi connectivity index (χ2n) is 5.17. The summed E-state index contributed by atoms with van der Waals surface area (Å²) in [6, 6.07) is 4.49. The number of nitrogens with two attached hydrogens (primary N) is 1. The summed E-state index contributed by atoms with van der Waals surface area (Å²) >= 11 is 0. The van der Waals surface area contributed by atoms with E-state index in [1.54, 1.807) is 0 Å². The van der Waals surface area contributed by atoms with Crippen LogP contribution < -0.4 is 5.73 Å². The summed E-state index contributed by atoms with van der Waals surface area (Å²) < 4.78 is 64.5. The highest BCUT2D eigenvalue weighted by Gasteiger charge is 2.35. The minimum absolute atomic E-state index is 0. The van der Waals surface area contributed by atoms with Crippen molar-refractivity contribution >= 4 is 22.4 Å². The molecule has 1 aromatic carbocycles. The van der Waals surface area contributed by atoms with Crippen LogP contribution in [0.3, 0.4) is 0 Å². The summed E-state index contributed by atoms with van der Waals surface area (Å²) in [6.45, 7) is 0.473. The molecule has 9 heteroatoms. The topological polar surface area (TPSA) is 63.4 Å². The van der Waals surface area contributed by atoms with E-state index in [9.17, 15) is 21.6 Å². The van der Waals surface area contributed by atoms with Gasteiger partial charge in [-0.25, -0.2) is 12.7 Å². The first-order chi connectivity index (χ1) is 9.70. The number of hydrogen-bond acceptors (Lipinski definition) is 3. The lowest BCUT2D eigenvalue weighted by Crippen LogP contribution is -2.46. The first kappa shape index (κ1) is 19.2. The van der Waals surface area contributed by atoms with Crippen LogP contribution in [-0.4, -0.2) is 31.9 Å². The lowest BCUT2D eigenvalue weighted by Gasteiger charge is -2.30. The van der Waals surface area contributed by atoms with Gasteiger partial charge in [-0.3, -0.25) is 0 Å². The predicted octanol–water partition coefficient (Wildman–Crippen LogP) is 2.38. The molecule has 22 heavy (non-hydrogen) atoms. The second kappa shape index (κ2) is 7.16. The zero-order chi connectivity index (χ0) is 15.7. The number of halogens is 4. The van der Waals surface area contributed by atoms with Crippen molar-refractivity contribution in [2.75, 3.05) is 13.1 Å². The zero-order valence-corrected chi connectivity index (χ0v) is 13.3. The van der Waals surface area contributed by atoms with E-state index in [1.165, 1.54) is 22.5 Å². The van der Waals surface area contributed by atoms with Crippen LogP contribution >= 0.6 is 12.4 Å². The van der Waals surface area contributed by atoms with E-state index in [2.05, 4.69) is 0 Å². The highest BCUT2D eigenvalue weighted by molar-refractivity contribution is 7.88. The van der Waals surface area contributed by atoms with Crippen LogP contribution in [0.15, 0.2) is 24.3 Å². The molecule has 0 unspecified atom stereocenters. The minimum Gasteiger partial charge on any atom is -0.327 e. The number of alkyl halides is 3. The van der Waals surface area contributed by atoms with E-state index >= 15 is 0 Å². The van der Waals surface area contributed by atoms with Gasteiger partial charge in [-0.2, -0.15) is 13.2 Å². The Morgan fingerprint density at radius 1 is 1.27 bits per heavy atom.